The van der Waals surface area contributed by atoms with Gasteiger partial charge in [0.25, 0.3) is 0 Å². The van der Waals surface area contributed by atoms with E-state index in [1.54, 1.807) is 0 Å². The second-order valence-electron chi connectivity index (χ2n) is 4.51. The van der Waals surface area contributed by atoms with Gasteiger partial charge in [-0.3, -0.25) is 9.59 Å². The van der Waals surface area contributed by atoms with Gasteiger partial charge >= 0.3 is 0 Å². The van der Waals surface area contributed by atoms with Crippen molar-refractivity contribution in [1.29, 1.82) is 0 Å². The molecule has 0 aliphatic rings. The van der Waals surface area contributed by atoms with E-state index >= 15 is 0 Å². The lowest BCUT2D eigenvalue weighted by molar-refractivity contribution is -0.122. The van der Waals surface area contributed by atoms with Gasteiger partial charge in [0, 0.05) is 13.0 Å². The Morgan fingerprint density at radius 3 is 2.47 bits per heavy atom. The summed E-state index contributed by atoms with van der Waals surface area (Å²) < 4.78 is 0. The Kier molecular flexibility index (Phi) is 6.60. The van der Waals surface area contributed by atoms with Crippen LogP contribution in [-0.2, 0) is 16.0 Å². The van der Waals surface area contributed by atoms with Crippen LogP contribution in [0.3, 0.4) is 0 Å². The zero-order valence-electron chi connectivity index (χ0n) is 11.0. The molecule has 0 aromatic heterocycles. The van der Waals surface area contributed by atoms with Crippen molar-refractivity contribution in [2.24, 2.45) is 11.5 Å². The molecular weight excluding hydrogens is 242 g/mol. The summed E-state index contributed by atoms with van der Waals surface area (Å²) >= 11 is 0. The number of rotatable bonds is 8. The molecule has 0 spiro atoms. The first-order valence-corrected chi connectivity index (χ1v) is 6.45. The number of nitrogens with two attached hydrogens (primary N) is 2. The minimum atomic E-state index is -0.543. The minimum Gasteiger partial charge on any atom is -0.370 e. The van der Waals surface area contributed by atoms with Crippen LogP contribution < -0.4 is 16.8 Å². The Balaban J connectivity index is 2.20. The van der Waals surface area contributed by atoms with E-state index in [1.807, 2.05) is 30.3 Å². The molecule has 19 heavy (non-hydrogen) atoms. The van der Waals surface area contributed by atoms with Crippen molar-refractivity contribution >= 4 is 11.8 Å². The highest BCUT2D eigenvalue weighted by Crippen LogP contribution is 2.02. The standard InChI is InChI=1S/C14H21N3O2/c15-12(10-11-6-2-1-3-7-11)14(19)17-9-5-4-8-13(16)18/h1-3,6-7,12H,4-5,8-10,15H2,(H2,16,18)(H,17,19)/t12-/m1/s1. The van der Waals surface area contributed by atoms with Crippen molar-refractivity contribution in [2.45, 2.75) is 31.7 Å². The van der Waals surface area contributed by atoms with E-state index in [1.165, 1.54) is 0 Å². The van der Waals surface area contributed by atoms with Crippen LogP contribution in [0.2, 0.25) is 0 Å². The van der Waals surface area contributed by atoms with Gasteiger partial charge < -0.3 is 16.8 Å². The lowest BCUT2D eigenvalue weighted by atomic mass is 10.1. The summed E-state index contributed by atoms with van der Waals surface area (Å²) in [5.74, 6) is -0.477. The summed E-state index contributed by atoms with van der Waals surface area (Å²) in [7, 11) is 0. The van der Waals surface area contributed by atoms with E-state index in [4.69, 9.17) is 11.5 Å². The molecule has 0 heterocycles. The third-order valence-electron chi connectivity index (χ3n) is 2.78. The summed E-state index contributed by atoms with van der Waals surface area (Å²) in [6, 6.07) is 9.11. The summed E-state index contributed by atoms with van der Waals surface area (Å²) in [6.45, 7) is 0.522. The molecule has 0 unspecified atom stereocenters. The Morgan fingerprint density at radius 2 is 1.84 bits per heavy atom. The molecule has 0 fully saturated rings. The van der Waals surface area contributed by atoms with Crippen LogP contribution in [0.5, 0.6) is 0 Å². The van der Waals surface area contributed by atoms with Crippen LogP contribution in [0, 0.1) is 0 Å². The van der Waals surface area contributed by atoms with Gasteiger partial charge in [-0.2, -0.15) is 0 Å². The van der Waals surface area contributed by atoms with Crippen molar-refractivity contribution < 1.29 is 9.59 Å². The van der Waals surface area contributed by atoms with Crippen molar-refractivity contribution in [1.82, 2.24) is 5.32 Å². The fourth-order valence-corrected chi connectivity index (χ4v) is 1.73. The third-order valence-corrected chi connectivity index (χ3v) is 2.78. The zero-order valence-corrected chi connectivity index (χ0v) is 11.0. The Morgan fingerprint density at radius 1 is 1.16 bits per heavy atom. The molecule has 0 aliphatic heterocycles. The number of hydrogen-bond acceptors (Lipinski definition) is 3. The largest absolute Gasteiger partial charge is 0.370 e. The van der Waals surface area contributed by atoms with E-state index in [0.29, 0.717) is 25.8 Å². The molecule has 0 bridgehead atoms. The highest BCUT2D eigenvalue weighted by Gasteiger charge is 2.12. The van der Waals surface area contributed by atoms with E-state index in [2.05, 4.69) is 5.32 Å². The van der Waals surface area contributed by atoms with Crippen LogP contribution >= 0.6 is 0 Å². The number of carbonyl (C=O) groups is 2. The van der Waals surface area contributed by atoms with Crippen molar-refractivity contribution in [3.63, 3.8) is 0 Å². The fourth-order valence-electron chi connectivity index (χ4n) is 1.73. The SMILES string of the molecule is NC(=O)CCCCNC(=O)[C@H](N)Cc1ccccc1. The van der Waals surface area contributed by atoms with Gasteiger partial charge in [-0.1, -0.05) is 30.3 Å². The van der Waals surface area contributed by atoms with Crippen LogP contribution in [0.4, 0.5) is 0 Å². The highest BCUT2D eigenvalue weighted by atomic mass is 16.2. The molecule has 5 nitrogen and oxygen atoms in total. The Labute approximate surface area is 113 Å². The fraction of sp³-hybridized carbons (Fsp3) is 0.429. The van der Waals surface area contributed by atoms with Crippen LogP contribution in [0.15, 0.2) is 30.3 Å². The number of nitrogens with one attached hydrogen (secondary N) is 1. The van der Waals surface area contributed by atoms with Gasteiger partial charge in [-0.05, 0) is 24.8 Å². The number of carbonyl (C=O) groups excluding carboxylic acids is 2. The second-order valence-corrected chi connectivity index (χ2v) is 4.51. The summed E-state index contributed by atoms with van der Waals surface area (Å²) in [5, 5.41) is 2.76. The molecule has 0 saturated heterocycles. The molecule has 2 amide bonds. The average Bonchev–Trinajstić information content (AvgIpc) is 2.38. The van der Waals surface area contributed by atoms with Crippen LogP contribution in [0.1, 0.15) is 24.8 Å². The van der Waals surface area contributed by atoms with E-state index in [-0.39, 0.29) is 11.8 Å². The van der Waals surface area contributed by atoms with Crippen LogP contribution in [-0.4, -0.2) is 24.4 Å². The molecule has 5 N–H and O–H groups in total. The molecule has 1 rings (SSSR count). The predicted molar refractivity (Wildman–Crippen MR) is 74.2 cm³/mol. The van der Waals surface area contributed by atoms with Crippen molar-refractivity contribution in [2.75, 3.05) is 6.54 Å². The van der Waals surface area contributed by atoms with Crippen molar-refractivity contribution in [3.8, 4) is 0 Å². The van der Waals surface area contributed by atoms with Gasteiger partial charge in [0.05, 0.1) is 6.04 Å². The van der Waals surface area contributed by atoms with E-state index in [0.717, 1.165) is 12.0 Å². The smallest absolute Gasteiger partial charge is 0.237 e. The van der Waals surface area contributed by atoms with Gasteiger partial charge in [-0.15, -0.1) is 0 Å². The number of benzene rings is 1. The Bertz CT molecular complexity index is 406. The normalized spacial score (nSPS) is 11.8. The number of amides is 2. The monoisotopic (exact) mass is 263 g/mol. The summed E-state index contributed by atoms with van der Waals surface area (Å²) in [4.78, 5) is 22.2. The average molecular weight is 263 g/mol. The molecule has 0 radical (unpaired) electrons. The number of hydrogen-bond donors (Lipinski definition) is 3. The molecule has 1 atom stereocenters. The van der Waals surface area contributed by atoms with Crippen molar-refractivity contribution in [3.05, 3.63) is 35.9 Å². The minimum absolute atomic E-state index is 0.164. The molecule has 104 valence electrons. The quantitative estimate of drug-likeness (QED) is 0.589. The first kappa shape index (κ1) is 15.2. The topological polar surface area (TPSA) is 98.2 Å². The lowest BCUT2D eigenvalue weighted by Gasteiger charge is -2.12. The predicted octanol–water partition coefficient (Wildman–Crippen LogP) is 0.328. The maximum absolute atomic E-state index is 11.7. The Hall–Kier alpha value is -1.88. The highest BCUT2D eigenvalue weighted by molar-refractivity contribution is 5.81. The maximum atomic E-state index is 11.7. The second kappa shape index (κ2) is 8.26. The summed E-state index contributed by atoms with van der Waals surface area (Å²) in [5.41, 5.74) is 11.9. The molecule has 1 aromatic rings. The maximum Gasteiger partial charge on any atom is 0.237 e. The third kappa shape index (κ3) is 6.57. The molecular formula is C14H21N3O2. The van der Waals surface area contributed by atoms with Gasteiger partial charge in [0.2, 0.25) is 11.8 Å². The first-order chi connectivity index (χ1) is 9.09. The number of primary amides is 1. The molecule has 0 aliphatic carbocycles. The van der Waals surface area contributed by atoms with E-state index in [9.17, 15) is 9.59 Å². The van der Waals surface area contributed by atoms with Crippen LogP contribution in [0.25, 0.3) is 0 Å². The lowest BCUT2D eigenvalue weighted by Crippen LogP contribution is -2.42. The van der Waals surface area contributed by atoms with Gasteiger partial charge in [0.1, 0.15) is 0 Å². The number of unbranched alkanes of at least 4 members (excludes halogenated alkanes) is 1. The first-order valence-electron chi connectivity index (χ1n) is 6.45. The van der Waals surface area contributed by atoms with E-state index < -0.39 is 6.04 Å². The zero-order chi connectivity index (χ0) is 14.1. The molecule has 5 heteroatoms. The summed E-state index contributed by atoms with van der Waals surface area (Å²) in [6.07, 6.45) is 2.29. The van der Waals surface area contributed by atoms with Gasteiger partial charge in [0.15, 0.2) is 0 Å². The molecule has 0 saturated carbocycles. The van der Waals surface area contributed by atoms with Gasteiger partial charge in [-0.25, -0.2) is 0 Å². The molecule has 1 aromatic carbocycles.